The van der Waals surface area contributed by atoms with Gasteiger partial charge in [-0.05, 0) is 18.9 Å². The molecule has 1 aliphatic rings. The molecule has 0 amide bonds. The van der Waals surface area contributed by atoms with Gasteiger partial charge in [0.25, 0.3) is 5.89 Å². The van der Waals surface area contributed by atoms with Crippen LogP contribution >= 0.6 is 0 Å². The molecule has 100 valence electrons. The average Bonchev–Trinajstić information content (AvgIpc) is 3.08. The van der Waals surface area contributed by atoms with Crippen molar-refractivity contribution in [2.45, 2.75) is 25.7 Å². The van der Waals surface area contributed by atoms with E-state index in [9.17, 15) is 4.79 Å². The second-order valence-corrected chi connectivity index (χ2v) is 4.63. The van der Waals surface area contributed by atoms with Gasteiger partial charge in [-0.1, -0.05) is 12.1 Å². The van der Waals surface area contributed by atoms with Crippen LogP contribution in [0.2, 0.25) is 0 Å². The number of rotatable bonds is 3. The number of pyridine rings is 1. The normalized spacial score (nSPS) is 18.9. The zero-order valence-corrected chi connectivity index (χ0v) is 10.7. The van der Waals surface area contributed by atoms with Crippen LogP contribution in [0.25, 0.3) is 11.5 Å². The van der Waals surface area contributed by atoms with Gasteiger partial charge >= 0.3 is 0 Å². The molecule has 0 aromatic carbocycles. The summed E-state index contributed by atoms with van der Waals surface area (Å²) in [7, 11) is 0. The van der Waals surface area contributed by atoms with Gasteiger partial charge in [0.1, 0.15) is 0 Å². The Hall–Kier alpha value is -1.95. The summed E-state index contributed by atoms with van der Waals surface area (Å²) < 4.78 is 10.6. The third-order valence-corrected chi connectivity index (χ3v) is 3.26. The SMILES string of the molecule is CCc1cc(-c2nc([C@H]3CCOC3)no2)cc(=O)[nH]1. The Kier molecular flexibility index (Phi) is 3.16. The minimum absolute atomic E-state index is 0.154. The maximum absolute atomic E-state index is 11.5. The third-order valence-electron chi connectivity index (χ3n) is 3.26. The van der Waals surface area contributed by atoms with Crippen LogP contribution in [-0.4, -0.2) is 28.3 Å². The first-order valence-electron chi connectivity index (χ1n) is 6.41. The van der Waals surface area contributed by atoms with Crippen molar-refractivity contribution < 1.29 is 9.26 Å². The Morgan fingerprint density at radius 3 is 3.11 bits per heavy atom. The predicted molar refractivity (Wildman–Crippen MR) is 67.9 cm³/mol. The summed E-state index contributed by atoms with van der Waals surface area (Å²) in [6, 6.07) is 3.34. The number of nitrogens with one attached hydrogen (secondary N) is 1. The standard InChI is InChI=1S/C13H15N3O3/c1-2-10-5-9(6-11(17)14-10)13-15-12(16-19-13)8-3-4-18-7-8/h5-6,8H,2-4,7H2,1H3,(H,14,17)/t8-/m0/s1. The highest BCUT2D eigenvalue weighted by atomic mass is 16.5. The van der Waals surface area contributed by atoms with Gasteiger partial charge in [-0.2, -0.15) is 4.98 Å². The van der Waals surface area contributed by atoms with Crippen LogP contribution in [0.3, 0.4) is 0 Å². The molecule has 2 aromatic heterocycles. The van der Waals surface area contributed by atoms with E-state index in [0.717, 1.165) is 25.1 Å². The second kappa shape index (κ2) is 4.97. The summed E-state index contributed by atoms with van der Waals surface area (Å²) in [5.41, 5.74) is 1.36. The van der Waals surface area contributed by atoms with Gasteiger partial charge < -0.3 is 14.2 Å². The maximum Gasteiger partial charge on any atom is 0.258 e. The lowest BCUT2D eigenvalue weighted by molar-refractivity contribution is 0.192. The first-order chi connectivity index (χ1) is 9.26. The largest absolute Gasteiger partial charge is 0.381 e. The molecule has 6 heteroatoms. The van der Waals surface area contributed by atoms with E-state index in [1.165, 1.54) is 6.07 Å². The fourth-order valence-electron chi connectivity index (χ4n) is 2.17. The van der Waals surface area contributed by atoms with Gasteiger partial charge in [-0.25, -0.2) is 0 Å². The molecule has 3 heterocycles. The molecular formula is C13H15N3O3. The molecule has 1 aliphatic heterocycles. The molecular weight excluding hydrogens is 246 g/mol. The molecule has 0 unspecified atom stereocenters. The number of ether oxygens (including phenoxy) is 1. The molecule has 0 saturated carbocycles. The predicted octanol–water partition coefficient (Wildman–Crippen LogP) is 1.49. The van der Waals surface area contributed by atoms with Crippen molar-refractivity contribution >= 4 is 0 Å². The van der Waals surface area contributed by atoms with Crippen molar-refractivity contribution in [1.29, 1.82) is 0 Å². The van der Waals surface area contributed by atoms with E-state index in [4.69, 9.17) is 9.26 Å². The number of hydrogen-bond acceptors (Lipinski definition) is 5. The molecule has 1 atom stereocenters. The number of hydrogen-bond donors (Lipinski definition) is 1. The number of aryl methyl sites for hydroxylation is 1. The smallest absolute Gasteiger partial charge is 0.258 e. The molecule has 1 N–H and O–H groups in total. The lowest BCUT2D eigenvalue weighted by Gasteiger charge is -1.99. The minimum atomic E-state index is -0.154. The number of nitrogens with zero attached hydrogens (tertiary/aromatic N) is 2. The van der Waals surface area contributed by atoms with Gasteiger partial charge in [-0.3, -0.25) is 4.79 Å². The van der Waals surface area contributed by atoms with Crippen LogP contribution in [0, 0.1) is 0 Å². The summed E-state index contributed by atoms with van der Waals surface area (Å²) in [6.07, 6.45) is 1.66. The molecule has 1 fully saturated rings. The molecule has 2 aromatic rings. The minimum Gasteiger partial charge on any atom is -0.381 e. The van der Waals surface area contributed by atoms with Gasteiger partial charge in [0.15, 0.2) is 5.82 Å². The summed E-state index contributed by atoms with van der Waals surface area (Å²) in [5, 5.41) is 3.98. The van der Waals surface area contributed by atoms with Crippen LogP contribution in [0.15, 0.2) is 21.5 Å². The number of aromatic amines is 1. The fraction of sp³-hybridized carbons (Fsp3) is 0.462. The summed E-state index contributed by atoms with van der Waals surface area (Å²) in [4.78, 5) is 18.7. The quantitative estimate of drug-likeness (QED) is 0.905. The van der Waals surface area contributed by atoms with E-state index in [1.54, 1.807) is 0 Å². The van der Waals surface area contributed by atoms with Gasteiger partial charge in [0, 0.05) is 29.8 Å². The van der Waals surface area contributed by atoms with Gasteiger partial charge in [0.2, 0.25) is 5.56 Å². The number of H-pyrrole nitrogens is 1. The maximum atomic E-state index is 11.5. The van der Waals surface area contributed by atoms with Crippen molar-refractivity contribution in [1.82, 2.24) is 15.1 Å². The molecule has 6 nitrogen and oxygen atoms in total. The molecule has 19 heavy (non-hydrogen) atoms. The highest BCUT2D eigenvalue weighted by molar-refractivity contribution is 5.52. The molecule has 0 radical (unpaired) electrons. The number of aromatic nitrogens is 3. The Bertz CT molecular complexity index is 626. The van der Waals surface area contributed by atoms with E-state index >= 15 is 0 Å². The average molecular weight is 261 g/mol. The Balaban J connectivity index is 1.93. The van der Waals surface area contributed by atoms with Crippen molar-refractivity contribution in [3.05, 3.63) is 34.0 Å². The fourth-order valence-corrected chi connectivity index (χ4v) is 2.17. The molecule has 0 bridgehead atoms. The molecule has 3 rings (SSSR count). The monoisotopic (exact) mass is 261 g/mol. The zero-order valence-electron chi connectivity index (χ0n) is 10.7. The van der Waals surface area contributed by atoms with E-state index in [-0.39, 0.29) is 11.5 Å². The lowest BCUT2D eigenvalue weighted by Crippen LogP contribution is -2.07. The first kappa shape index (κ1) is 12.1. The van der Waals surface area contributed by atoms with Crippen LogP contribution in [0.4, 0.5) is 0 Å². The van der Waals surface area contributed by atoms with Gasteiger partial charge in [-0.15, -0.1) is 0 Å². The topological polar surface area (TPSA) is 81.0 Å². The van der Waals surface area contributed by atoms with Crippen LogP contribution in [-0.2, 0) is 11.2 Å². The van der Waals surface area contributed by atoms with Gasteiger partial charge in [0.05, 0.1) is 6.61 Å². The lowest BCUT2D eigenvalue weighted by atomic mass is 10.1. The van der Waals surface area contributed by atoms with Crippen LogP contribution in [0.5, 0.6) is 0 Å². The van der Waals surface area contributed by atoms with E-state index in [1.807, 2.05) is 13.0 Å². The van der Waals surface area contributed by atoms with Crippen LogP contribution in [0.1, 0.15) is 30.8 Å². The first-order valence-corrected chi connectivity index (χ1v) is 6.41. The highest BCUT2D eigenvalue weighted by Crippen LogP contribution is 2.25. The summed E-state index contributed by atoms with van der Waals surface area (Å²) in [5.74, 6) is 1.25. The Morgan fingerprint density at radius 1 is 1.47 bits per heavy atom. The zero-order chi connectivity index (χ0) is 13.2. The van der Waals surface area contributed by atoms with E-state index < -0.39 is 0 Å². The van der Waals surface area contributed by atoms with E-state index in [2.05, 4.69) is 15.1 Å². The second-order valence-electron chi connectivity index (χ2n) is 4.63. The molecule has 0 spiro atoms. The van der Waals surface area contributed by atoms with Crippen molar-refractivity contribution in [3.63, 3.8) is 0 Å². The third kappa shape index (κ3) is 2.44. The Labute approximate surface area is 109 Å². The Morgan fingerprint density at radius 2 is 2.37 bits per heavy atom. The van der Waals surface area contributed by atoms with Crippen molar-refractivity contribution in [3.8, 4) is 11.5 Å². The van der Waals surface area contributed by atoms with Crippen molar-refractivity contribution in [2.75, 3.05) is 13.2 Å². The van der Waals surface area contributed by atoms with Crippen molar-refractivity contribution in [2.24, 2.45) is 0 Å². The molecule has 0 aliphatic carbocycles. The van der Waals surface area contributed by atoms with Crippen LogP contribution < -0.4 is 5.56 Å². The van der Waals surface area contributed by atoms with E-state index in [0.29, 0.717) is 23.9 Å². The molecule has 1 saturated heterocycles. The summed E-state index contributed by atoms with van der Waals surface area (Å²) >= 11 is 0. The highest BCUT2D eigenvalue weighted by Gasteiger charge is 2.23. The summed E-state index contributed by atoms with van der Waals surface area (Å²) in [6.45, 7) is 3.35.